The zero-order chi connectivity index (χ0) is 52.0. The lowest BCUT2D eigenvalue weighted by Crippen LogP contribution is -2.45. The van der Waals surface area contributed by atoms with Crippen molar-refractivity contribution in [3.8, 4) is 0 Å². The number of likely N-dealkylation sites (N-methyl/N-ethyl adjacent to an activating group) is 1. The van der Waals surface area contributed by atoms with E-state index < -0.39 is 20.0 Å². The third-order valence-corrected chi connectivity index (χ3v) is 15.0. The van der Waals surface area contributed by atoms with Crippen molar-refractivity contribution < 1.29 is 32.9 Å². The van der Waals surface area contributed by atoms with E-state index in [9.17, 15) is 19.4 Å². The van der Waals surface area contributed by atoms with E-state index in [1.54, 1.807) is 6.08 Å². The second-order valence-electron chi connectivity index (χ2n) is 22.4. The minimum atomic E-state index is -4.60. The molecule has 0 radical (unpaired) electrons. The largest absolute Gasteiger partial charge is 0.756 e. The number of unbranched alkanes of at least 4 members (excludes halogenated alkanes) is 40. The summed E-state index contributed by atoms with van der Waals surface area (Å²) in [6.07, 6.45) is 69.6. The van der Waals surface area contributed by atoms with Crippen molar-refractivity contribution in [2.45, 2.75) is 315 Å². The number of hydrogen-bond donors (Lipinski definition) is 2. The summed E-state index contributed by atoms with van der Waals surface area (Å²) in [4.78, 5) is 25.5. The topological polar surface area (TPSA) is 108 Å². The van der Waals surface area contributed by atoms with Crippen LogP contribution in [0.1, 0.15) is 303 Å². The highest BCUT2D eigenvalue weighted by Crippen LogP contribution is 2.38. The van der Waals surface area contributed by atoms with E-state index >= 15 is 0 Å². The quantitative estimate of drug-likeness (QED) is 0.0272. The molecule has 0 rings (SSSR count). The van der Waals surface area contributed by atoms with Crippen molar-refractivity contribution in [1.82, 2.24) is 5.32 Å². The molecule has 9 heteroatoms. The van der Waals surface area contributed by atoms with Crippen molar-refractivity contribution in [1.29, 1.82) is 0 Å². The van der Waals surface area contributed by atoms with Crippen molar-refractivity contribution in [2.75, 3.05) is 40.9 Å². The molecule has 0 aliphatic carbocycles. The van der Waals surface area contributed by atoms with Crippen LogP contribution in [0.5, 0.6) is 0 Å². The molecule has 0 aliphatic heterocycles. The van der Waals surface area contributed by atoms with Gasteiger partial charge in [0.2, 0.25) is 5.91 Å². The van der Waals surface area contributed by atoms with E-state index in [4.69, 9.17) is 9.05 Å². The summed E-state index contributed by atoms with van der Waals surface area (Å²) in [6, 6.07) is -0.902. The number of carbonyl (C=O) groups excluding carboxylic acids is 1. The Morgan fingerprint density at radius 1 is 0.479 bits per heavy atom. The lowest BCUT2D eigenvalue weighted by molar-refractivity contribution is -0.870. The minimum absolute atomic E-state index is 0.00505. The molecule has 3 unspecified atom stereocenters. The number of carbonyl (C=O) groups is 1. The van der Waals surface area contributed by atoms with Crippen molar-refractivity contribution in [3.63, 3.8) is 0 Å². The number of phosphoric acid groups is 1. The number of amides is 1. The Balaban J connectivity index is 4.07. The average Bonchev–Trinajstić information content (AvgIpc) is 3.33. The number of aliphatic hydroxyl groups excluding tert-OH is 1. The van der Waals surface area contributed by atoms with Gasteiger partial charge < -0.3 is 28.8 Å². The summed E-state index contributed by atoms with van der Waals surface area (Å²) in [5.74, 6) is -0.203. The third kappa shape index (κ3) is 56.3. The van der Waals surface area contributed by atoms with Crippen LogP contribution < -0.4 is 10.2 Å². The zero-order valence-corrected chi connectivity index (χ0v) is 48.8. The molecule has 0 saturated heterocycles. The van der Waals surface area contributed by atoms with Crippen LogP contribution in [0.4, 0.5) is 0 Å². The molecule has 0 heterocycles. The predicted molar refractivity (Wildman–Crippen MR) is 307 cm³/mol. The van der Waals surface area contributed by atoms with E-state index in [0.29, 0.717) is 17.4 Å². The van der Waals surface area contributed by atoms with Gasteiger partial charge in [-0.15, -0.1) is 0 Å². The smallest absolute Gasteiger partial charge is 0.268 e. The van der Waals surface area contributed by atoms with E-state index in [1.807, 2.05) is 27.2 Å². The molecule has 8 nitrogen and oxygen atoms in total. The molecule has 0 aromatic rings. The molecule has 0 spiro atoms. The SMILES string of the molecule is CCCCCCCCCCCCC/C=C/CC/C=C/C(O)C(COP(=O)([O-])OCC[N+](C)(C)C)NC(=O)CCCCCCCCCCCCCCCCCC/C=C\CCCCCCCCCCCCCC. The zero-order valence-electron chi connectivity index (χ0n) is 47.9. The highest BCUT2D eigenvalue weighted by Gasteiger charge is 2.23. The first kappa shape index (κ1) is 69.7. The predicted octanol–water partition coefficient (Wildman–Crippen LogP) is 18.3. The van der Waals surface area contributed by atoms with Gasteiger partial charge in [0.15, 0.2) is 0 Å². The van der Waals surface area contributed by atoms with Crippen LogP contribution in [0.3, 0.4) is 0 Å². The number of allylic oxidation sites excluding steroid dienone is 5. The molecule has 1 amide bonds. The van der Waals surface area contributed by atoms with Gasteiger partial charge >= 0.3 is 0 Å². The maximum Gasteiger partial charge on any atom is 0.268 e. The van der Waals surface area contributed by atoms with Crippen molar-refractivity contribution >= 4 is 13.7 Å². The molecular weight excluding hydrogens is 900 g/mol. The Hall–Kier alpha value is -1.28. The number of aliphatic hydroxyl groups is 1. The van der Waals surface area contributed by atoms with E-state index in [0.717, 1.165) is 38.5 Å². The van der Waals surface area contributed by atoms with Crippen LogP contribution in [-0.2, 0) is 18.4 Å². The monoisotopic (exact) mass is 1020 g/mol. The molecule has 3 atom stereocenters. The van der Waals surface area contributed by atoms with Crippen LogP contribution in [-0.4, -0.2) is 68.5 Å². The normalized spacial score (nSPS) is 14.1. The maximum absolute atomic E-state index is 13.0. The summed E-state index contributed by atoms with van der Waals surface area (Å²) >= 11 is 0. The number of phosphoric ester groups is 1. The molecule has 420 valence electrons. The van der Waals surface area contributed by atoms with Crippen LogP contribution in [0.25, 0.3) is 0 Å². The molecule has 0 saturated carbocycles. The molecule has 0 aromatic carbocycles. The van der Waals surface area contributed by atoms with Crippen LogP contribution in [0.15, 0.2) is 36.5 Å². The van der Waals surface area contributed by atoms with Gasteiger partial charge in [-0.2, -0.15) is 0 Å². The molecule has 0 bridgehead atoms. The summed E-state index contributed by atoms with van der Waals surface area (Å²) in [6.45, 7) is 4.66. The first-order valence-corrected chi connectivity index (χ1v) is 32.3. The van der Waals surface area contributed by atoms with Gasteiger partial charge in [-0.1, -0.05) is 275 Å². The van der Waals surface area contributed by atoms with Crippen LogP contribution in [0, 0.1) is 0 Å². The second-order valence-corrected chi connectivity index (χ2v) is 23.8. The number of nitrogens with zero attached hydrogens (tertiary/aromatic N) is 1. The Bertz CT molecular complexity index is 1250. The fourth-order valence-electron chi connectivity index (χ4n) is 9.23. The first-order chi connectivity index (χ1) is 34.5. The lowest BCUT2D eigenvalue weighted by Gasteiger charge is -2.29. The van der Waals surface area contributed by atoms with Gasteiger partial charge in [-0.25, -0.2) is 0 Å². The van der Waals surface area contributed by atoms with Gasteiger partial charge in [0.05, 0.1) is 39.9 Å². The Morgan fingerprint density at radius 2 is 0.789 bits per heavy atom. The summed E-state index contributed by atoms with van der Waals surface area (Å²) in [7, 11) is 1.25. The average molecular weight is 1020 g/mol. The van der Waals surface area contributed by atoms with Gasteiger partial charge in [-0.05, 0) is 57.8 Å². The Morgan fingerprint density at radius 3 is 1.14 bits per heavy atom. The van der Waals surface area contributed by atoms with Gasteiger partial charge in [0.1, 0.15) is 13.2 Å². The standard InChI is InChI=1S/C62H121N2O6P/c1-6-8-10-12-14-16-18-20-22-24-25-26-27-28-29-30-31-32-33-34-35-36-37-38-40-42-44-46-48-50-52-54-56-62(66)63-60(59-70-71(67,68)69-58-57-64(3,4)5)61(65)55-53-51-49-47-45-43-41-39-23-21-19-17-15-13-11-9-7-2/h28-29,45,47,53,55,60-61,65H,6-27,30-44,46,48-52,54,56-59H2,1-5H3,(H-,63,66,67,68)/b29-28-,47-45+,55-53+. The fourth-order valence-corrected chi connectivity index (χ4v) is 9.95. The van der Waals surface area contributed by atoms with E-state index in [-0.39, 0.29) is 19.1 Å². The van der Waals surface area contributed by atoms with Crippen molar-refractivity contribution in [3.05, 3.63) is 36.5 Å². The van der Waals surface area contributed by atoms with E-state index in [2.05, 4.69) is 43.5 Å². The van der Waals surface area contributed by atoms with Crippen molar-refractivity contribution in [2.24, 2.45) is 0 Å². The Kier molecular flexibility index (Phi) is 52.6. The summed E-state index contributed by atoms with van der Waals surface area (Å²) < 4.78 is 23.3. The minimum Gasteiger partial charge on any atom is -0.756 e. The molecule has 2 N–H and O–H groups in total. The second kappa shape index (κ2) is 53.5. The summed E-state index contributed by atoms with van der Waals surface area (Å²) in [5, 5.41) is 13.9. The van der Waals surface area contributed by atoms with Crippen LogP contribution >= 0.6 is 7.82 Å². The molecule has 71 heavy (non-hydrogen) atoms. The van der Waals surface area contributed by atoms with E-state index in [1.165, 1.54) is 244 Å². The number of quaternary nitrogens is 1. The van der Waals surface area contributed by atoms with Gasteiger partial charge in [0.25, 0.3) is 7.82 Å². The lowest BCUT2D eigenvalue weighted by atomic mass is 10.0. The molecule has 0 aliphatic rings. The molecular formula is C62H121N2O6P. The van der Waals surface area contributed by atoms with Crippen LogP contribution in [0.2, 0.25) is 0 Å². The van der Waals surface area contributed by atoms with Gasteiger partial charge in [0, 0.05) is 6.42 Å². The number of rotatable bonds is 57. The highest BCUT2D eigenvalue weighted by atomic mass is 31.2. The fraction of sp³-hybridized carbons (Fsp3) is 0.887. The van der Waals surface area contributed by atoms with Gasteiger partial charge in [-0.3, -0.25) is 9.36 Å². The number of nitrogens with one attached hydrogen (secondary N) is 1. The maximum atomic E-state index is 13.0. The molecule has 0 fully saturated rings. The first-order valence-electron chi connectivity index (χ1n) is 30.9. The number of hydrogen-bond acceptors (Lipinski definition) is 6. The Labute approximate surface area is 442 Å². The highest BCUT2D eigenvalue weighted by molar-refractivity contribution is 7.45. The summed E-state index contributed by atoms with van der Waals surface area (Å²) in [5.41, 5.74) is 0. The third-order valence-electron chi connectivity index (χ3n) is 14.1. The molecule has 0 aromatic heterocycles.